The van der Waals surface area contributed by atoms with Crippen molar-refractivity contribution in [1.29, 1.82) is 0 Å². The van der Waals surface area contributed by atoms with Gasteiger partial charge in [-0.25, -0.2) is 13.2 Å². The van der Waals surface area contributed by atoms with Gasteiger partial charge in [0.15, 0.2) is 6.10 Å². The Morgan fingerprint density at radius 2 is 1.71 bits per heavy atom. The highest BCUT2D eigenvalue weighted by atomic mass is 35.5. The van der Waals surface area contributed by atoms with Crippen LogP contribution in [0.1, 0.15) is 35.3 Å². The second-order valence-electron chi connectivity index (χ2n) is 7.70. The molecule has 34 heavy (non-hydrogen) atoms. The van der Waals surface area contributed by atoms with E-state index in [2.05, 4.69) is 10.0 Å². The first-order chi connectivity index (χ1) is 16.1. The van der Waals surface area contributed by atoms with Gasteiger partial charge in [0.1, 0.15) is 0 Å². The van der Waals surface area contributed by atoms with E-state index in [0.717, 1.165) is 23.6 Å². The predicted molar refractivity (Wildman–Crippen MR) is 133 cm³/mol. The molecule has 7 nitrogen and oxygen atoms in total. The molecule has 0 fully saturated rings. The first kappa shape index (κ1) is 25.3. The molecule has 0 aliphatic heterocycles. The minimum Gasteiger partial charge on any atom is -0.449 e. The molecule has 3 aromatic rings. The first-order valence-corrected chi connectivity index (χ1v) is 12.4. The molecule has 0 saturated carbocycles. The highest BCUT2D eigenvalue weighted by Gasteiger charge is 2.23. The maximum absolute atomic E-state index is 12.8. The van der Waals surface area contributed by atoms with Crippen LogP contribution < -0.4 is 10.0 Å². The number of halogens is 1. The molecule has 0 spiro atoms. The molecule has 0 aliphatic rings. The third kappa shape index (κ3) is 6.36. The summed E-state index contributed by atoms with van der Waals surface area (Å²) in [4.78, 5) is 25.0. The molecule has 1 amide bonds. The van der Waals surface area contributed by atoms with Crippen LogP contribution in [-0.2, 0) is 26.0 Å². The maximum Gasteiger partial charge on any atom is 0.340 e. The summed E-state index contributed by atoms with van der Waals surface area (Å²) >= 11 is 6.13. The quantitative estimate of drug-likeness (QED) is 0.414. The van der Waals surface area contributed by atoms with E-state index in [9.17, 15) is 18.0 Å². The number of ether oxygens (including phenoxy) is 1. The normalized spacial score (nSPS) is 12.0. The van der Waals surface area contributed by atoms with Gasteiger partial charge in [-0.1, -0.05) is 42.8 Å². The van der Waals surface area contributed by atoms with Gasteiger partial charge in [-0.2, -0.15) is 0 Å². The smallest absolute Gasteiger partial charge is 0.340 e. The van der Waals surface area contributed by atoms with E-state index in [4.69, 9.17) is 16.3 Å². The molecule has 0 heterocycles. The summed E-state index contributed by atoms with van der Waals surface area (Å²) in [5, 5.41) is 2.68. The van der Waals surface area contributed by atoms with Gasteiger partial charge >= 0.3 is 5.97 Å². The average Bonchev–Trinajstić information content (AvgIpc) is 2.79. The SMILES string of the molecule is CCc1ccc(NC(=O)[C@H](C)OC(=O)c2cc(S(=O)(=O)Nc3cccc(C)c3)ccc2Cl)cc1. The van der Waals surface area contributed by atoms with Crippen molar-refractivity contribution in [2.24, 2.45) is 0 Å². The highest BCUT2D eigenvalue weighted by molar-refractivity contribution is 7.92. The average molecular weight is 501 g/mol. The standard InChI is InChI=1S/C25H25ClN2O5S/c1-4-18-8-10-19(11-9-18)27-24(29)17(3)33-25(30)22-15-21(12-13-23(22)26)34(31,32)28-20-7-5-6-16(2)14-20/h5-15,17,28H,4H2,1-3H3,(H,27,29)/t17-/m0/s1. The number of hydrogen-bond acceptors (Lipinski definition) is 5. The summed E-state index contributed by atoms with van der Waals surface area (Å²) in [6, 6.07) is 17.9. The van der Waals surface area contributed by atoms with E-state index >= 15 is 0 Å². The Morgan fingerprint density at radius 1 is 1.00 bits per heavy atom. The van der Waals surface area contributed by atoms with Crippen LogP contribution in [0.2, 0.25) is 5.02 Å². The van der Waals surface area contributed by atoms with Crippen molar-refractivity contribution in [2.45, 2.75) is 38.2 Å². The van der Waals surface area contributed by atoms with Crippen molar-refractivity contribution in [3.63, 3.8) is 0 Å². The minimum atomic E-state index is -3.99. The second-order valence-corrected chi connectivity index (χ2v) is 9.79. The van der Waals surface area contributed by atoms with Crippen LogP contribution in [0.4, 0.5) is 11.4 Å². The number of carbonyl (C=O) groups excluding carboxylic acids is 2. The van der Waals surface area contributed by atoms with Crippen LogP contribution in [0.5, 0.6) is 0 Å². The third-order valence-corrected chi connectivity index (χ3v) is 6.73. The summed E-state index contributed by atoms with van der Waals surface area (Å²) in [7, 11) is -3.99. The number of rotatable bonds is 8. The van der Waals surface area contributed by atoms with Gasteiger partial charge in [0.05, 0.1) is 15.5 Å². The lowest BCUT2D eigenvalue weighted by molar-refractivity contribution is -0.123. The molecule has 9 heteroatoms. The molecule has 0 aromatic heterocycles. The molecular formula is C25H25ClN2O5S. The van der Waals surface area contributed by atoms with Crippen LogP contribution in [0.3, 0.4) is 0 Å². The first-order valence-electron chi connectivity index (χ1n) is 10.6. The summed E-state index contributed by atoms with van der Waals surface area (Å²) in [6.07, 6.45) is -0.265. The number of carbonyl (C=O) groups is 2. The number of benzene rings is 3. The summed E-state index contributed by atoms with van der Waals surface area (Å²) in [5.74, 6) is -1.44. The second kappa shape index (κ2) is 10.7. The number of amides is 1. The Hall–Kier alpha value is -3.36. The van der Waals surface area contributed by atoms with Gasteiger partial charge in [-0.3, -0.25) is 9.52 Å². The van der Waals surface area contributed by atoms with Crippen LogP contribution in [0.15, 0.2) is 71.6 Å². The van der Waals surface area contributed by atoms with Crippen LogP contribution in [0, 0.1) is 6.92 Å². The van der Waals surface area contributed by atoms with Gasteiger partial charge in [0, 0.05) is 11.4 Å². The molecule has 0 unspecified atom stereocenters. The zero-order chi connectivity index (χ0) is 24.9. The summed E-state index contributed by atoms with van der Waals surface area (Å²) < 4.78 is 33.3. The zero-order valence-corrected chi connectivity index (χ0v) is 20.5. The molecule has 0 radical (unpaired) electrons. The number of aryl methyl sites for hydroxylation is 2. The Morgan fingerprint density at radius 3 is 2.35 bits per heavy atom. The minimum absolute atomic E-state index is 0.00210. The monoisotopic (exact) mass is 500 g/mol. The van der Waals surface area contributed by atoms with E-state index in [1.165, 1.54) is 19.1 Å². The van der Waals surface area contributed by atoms with Crippen LogP contribution in [-0.4, -0.2) is 26.4 Å². The summed E-state index contributed by atoms with van der Waals surface area (Å²) in [6.45, 7) is 5.28. The topological polar surface area (TPSA) is 102 Å². The summed E-state index contributed by atoms with van der Waals surface area (Å²) in [5.41, 5.74) is 2.79. The molecule has 2 N–H and O–H groups in total. The molecule has 178 valence electrons. The number of sulfonamides is 1. The van der Waals surface area contributed by atoms with Crippen LogP contribution in [0.25, 0.3) is 0 Å². The molecule has 0 aliphatic carbocycles. The highest BCUT2D eigenvalue weighted by Crippen LogP contribution is 2.24. The lowest BCUT2D eigenvalue weighted by Gasteiger charge is -2.15. The van der Waals surface area contributed by atoms with E-state index in [0.29, 0.717) is 11.4 Å². The van der Waals surface area contributed by atoms with Gasteiger partial charge in [-0.15, -0.1) is 0 Å². The fourth-order valence-corrected chi connectivity index (χ4v) is 4.37. The largest absolute Gasteiger partial charge is 0.449 e. The van der Waals surface area contributed by atoms with E-state index < -0.39 is 28.0 Å². The van der Waals surface area contributed by atoms with E-state index in [-0.39, 0.29) is 15.5 Å². The maximum atomic E-state index is 12.8. The molecule has 0 bridgehead atoms. The lowest BCUT2D eigenvalue weighted by Crippen LogP contribution is -2.30. The van der Waals surface area contributed by atoms with Crippen molar-refractivity contribution >= 4 is 44.9 Å². The van der Waals surface area contributed by atoms with Gasteiger partial charge in [-0.05, 0) is 73.9 Å². The molecular weight excluding hydrogens is 476 g/mol. The van der Waals surface area contributed by atoms with Crippen molar-refractivity contribution in [1.82, 2.24) is 0 Å². The number of hydrogen-bond donors (Lipinski definition) is 2. The Labute approximate surface area is 204 Å². The molecule has 3 aromatic carbocycles. The van der Waals surface area contributed by atoms with Crippen molar-refractivity contribution in [2.75, 3.05) is 10.0 Å². The fraction of sp³-hybridized carbons (Fsp3) is 0.200. The molecule has 3 rings (SSSR count). The van der Waals surface area contributed by atoms with Crippen LogP contribution >= 0.6 is 11.6 Å². The van der Waals surface area contributed by atoms with E-state index in [1.54, 1.807) is 30.3 Å². The van der Waals surface area contributed by atoms with Crippen molar-refractivity contribution in [3.05, 3.63) is 88.4 Å². The number of nitrogens with one attached hydrogen (secondary N) is 2. The molecule has 1 atom stereocenters. The lowest BCUT2D eigenvalue weighted by atomic mass is 10.1. The predicted octanol–water partition coefficient (Wildman–Crippen LogP) is 5.20. The number of esters is 1. The van der Waals surface area contributed by atoms with Gasteiger partial charge < -0.3 is 10.1 Å². The fourth-order valence-electron chi connectivity index (χ4n) is 3.10. The third-order valence-electron chi connectivity index (χ3n) is 5.02. The van der Waals surface area contributed by atoms with Gasteiger partial charge in [0.25, 0.3) is 15.9 Å². The Balaban J connectivity index is 1.72. The van der Waals surface area contributed by atoms with Gasteiger partial charge in [0.2, 0.25) is 0 Å². The molecule has 0 saturated heterocycles. The van der Waals surface area contributed by atoms with E-state index in [1.807, 2.05) is 32.0 Å². The Kier molecular flexibility index (Phi) is 7.96. The number of anilines is 2. The zero-order valence-electron chi connectivity index (χ0n) is 19.0. The van der Waals surface area contributed by atoms with Crippen molar-refractivity contribution in [3.8, 4) is 0 Å². The van der Waals surface area contributed by atoms with Crippen molar-refractivity contribution < 1.29 is 22.7 Å². The Bertz CT molecular complexity index is 1310.